The Morgan fingerprint density at radius 2 is 1.78 bits per heavy atom. The molecule has 2 aromatic rings. The summed E-state index contributed by atoms with van der Waals surface area (Å²) < 4.78 is 0. The quantitative estimate of drug-likeness (QED) is 0.844. The number of hydrogen-bond donors (Lipinski definition) is 1. The first kappa shape index (κ1) is 13.4. The summed E-state index contributed by atoms with van der Waals surface area (Å²) in [7, 11) is 0. The molecule has 94 valence electrons. The maximum atomic E-state index is 6.13. The van der Waals surface area contributed by atoms with Crippen LogP contribution < -0.4 is 5.32 Å². The topological polar surface area (TPSA) is 12.0 Å². The lowest BCUT2D eigenvalue weighted by molar-refractivity contribution is 0.575. The molecule has 0 aliphatic rings. The SMILES string of the molecule is C[C@@H](NCc1ccc(Cl)cc1Cl)c1ccccc1. The molecule has 0 spiro atoms. The lowest BCUT2D eigenvalue weighted by Crippen LogP contribution is -2.18. The van der Waals surface area contributed by atoms with Crippen LogP contribution in [-0.2, 0) is 6.54 Å². The third kappa shape index (κ3) is 3.49. The Bertz CT molecular complexity index is 511. The number of benzene rings is 2. The van der Waals surface area contributed by atoms with Gasteiger partial charge in [0.05, 0.1) is 0 Å². The third-order valence-corrected chi connectivity index (χ3v) is 3.50. The van der Waals surface area contributed by atoms with Gasteiger partial charge in [-0.05, 0) is 30.2 Å². The van der Waals surface area contributed by atoms with E-state index in [-0.39, 0.29) is 6.04 Å². The summed E-state index contributed by atoms with van der Waals surface area (Å²) in [6, 6.07) is 16.2. The van der Waals surface area contributed by atoms with Crippen molar-refractivity contribution in [2.75, 3.05) is 0 Å². The zero-order valence-electron chi connectivity index (χ0n) is 10.2. The average molecular weight is 280 g/mol. The molecule has 2 rings (SSSR count). The number of rotatable bonds is 4. The molecule has 0 aromatic heterocycles. The van der Waals surface area contributed by atoms with E-state index in [2.05, 4.69) is 24.4 Å². The molecule has 18 heavy (non-hydrogen) atoms. The van der Waals surface area contributed by atoms with Gasteiger partial charge in [0.1, 0.15) is 0 Å². The van der Waals surface area contributed by atoms with E-state index < -0.39 is 0 Å². The summed E-state index contributed by atoms with van der Waals surface area (Å²) in [6.07, 6.45) is 0. The van der Waals surface area contributed by atoms with Crippen LogP contribution in [0.15, 0.2) is 48.5 Å². The molecule has 0 bridgehead atoms. The summed E-state index contributed by atoms with van der Waals surface area (Å²) >= 11 is 12.0. The number of nitrogens with one attached hydrogen (secondary N) is 1. The molecule has 3 heteroatoms. The van der Waals surface area contributed by atoms with Gasteiger partial charge in [0.25, 0.3) is 0 Å². The number of hydrogen-bond acceptors (Lipinski definition) is 1. The highest BCUT2D eigenvalue weighted by Crippen LogP contribution is 2.21. The molecule has 0 heterocycles. The van der Waals surface area contributed by atoms with Crippen LogP contribution in [0.3, 0.4) is 0 Å². The van der Waals surface area contributed by atoms with E-state index in [9.17, 15) is 0 Å². The zero-order valence-corrected chi connectivity index (χ0v) is 11.7. The molecule has 0 fully saturated rings. The minimum atomic E-state index is 0.290. The van der Waals surface area contributed by atoms with Crippen LogP contribution in [0.1, 0.15) is 24.1 Å². The molecule has 0 saturated carbocycles. The smallest absolute Gasteiger partial charge is 0.0465 e. The molecule has 0 aliphatic carbocycles. The summed E-state index contributed by atoms with van der Waals surface area (Å²) in [6.45, 7) is 2.87. The summed E-state index contributed by atoms with van der Waals surface area (Å²) in [5.41, 5.74) is 2.33. The predicted molar refractivity (Wildman–Crippen MR) is 78.2 cm³/mol. The monoisotopic (exact) mass is 279 g/mol. The molecular weight excluding hydrogens is 265 g/mol. The van der Waals surface area contributed by atoms with Crippen molar-refractivity contribution in [3.8, 4) is 0 Å². The summed E-state index contributed by atoms with van der Waals surface area (Å²) in [5.74, 6) is 0. The Kier molecular flexibility index (Phi) is 4.65. The highest BCUT2D eigenvalue weighted by Gasteiger charge is 2.06. The van der Waals surface area contributed by atoms with Crippen LogP contribution in [-0.4, -0.2) is 0 Å². The van der Waals surface area contributed by atoms with E-state index in [0.29, 0.717) is 10.0 Å². The summed E-state index contributed by atoms with van der Waals surface area (Å²) in [5, 5.41) is 4.82. The normalized spacial score (nSPS) is 12.4. The van der Waals surface area contributed by atoms with Gasteiger partial charge in [0, 0.05) is 22.6 Å². The van der Waals surface area contributed by atoms with Gasteiger partial charge in [-0.25, -0.2) is 0 Å². The third-order valence-electron chi connectivity index (χ3n) is 2.91. The van der Waals surface area contributed by atoms with Gasteiger partial charge in [0.2, 0.25) is 0 Å². The van der Waals surface area contributed by atoms with Crippen LogP contribution in [0, 0.1) is 0 Å². The fraction of sp³-hybridized carbons (Fsp3) is 0.200. The largest absolute Gasteiger partial charge is 0.306 e. The summed E-state index contributed by atoms with van der Waals surface area (Å²) in [4.78, 5) is 0. The van der Waals surface area contributed by atoms with Crippen molar-refractivity contribution in [2.45, 2.75) is 19.5 Å². The van der Waals surface area contributed by atoms with Crippen molar-refractivity contribution < 1.29 is 0 Å². The zero-order chi connectivity index (χ0) is 13.0. The first-order valence-electron chi connectivity index (χ1n) is 5.89. The predicted octanol–water partition coefficient (Wildman–Crippen LogP) is 4.84. The van der Waals surface area contributed by atoms with E-state index in [0.717, 1.165) is 12.1 Å². The van der Waals surface area contributed by atoms with Gasteiger partial charge >= 0.3 is 0 Å². The average Bonchev–Trinajstić information content (AvgIpc) is 2.38. The minimum absolute atomic E-state index is 0.290. The van der Waals surface area contributed by atoms with Crippen molar-refractivity contribution in [1.82, 2.24) is 5.32 Å². The second-order valence-electron chi connectivity index (χ2n) is 4.25. The van der Waals surface area contributed by atoms with Crippen LogP contribution in [0.4, 0.5) is 0 Å². The molecular formula is C15H15Cl2N. The Morgan fingerprint density at radius 1 is 1.06 bits per heavy atom. The molecule has 0 radical (unpaired) electrons. The van der Waals surface area contributed by atoms with Crippen LogP contribution in [0.2, 0.25) is 10.0 Å². The van der Waals surface area contributed by atoms with Crippen molar-refractivity contribution in [3.05, 3.63) is 69.7 Å². The highest BCUT2D eigenvalue weighted by atomic mass is 35.5. The van der Waals surface area contributed by atoms with Gasteiger partial charge < -0.3 is 5.32 Å². The van der Waals surface area contributed by atoms with E-state index in [1.807, 2.05) is 30.3 Å². The van der Waals surface area contributed by atoms with Crippen LogP contribution in [0.25, 0.3) is 0 Å². The fourth-order valence-corrected chi connectivity index (χ4v) is 2.26. The van der Waals surface area contributed by atoms with E-state index >= 15 is 0 Å². The first-order valence-corrected chi connectivity index (χ1v) is 6.64. The van der Waals surface area contributed by atoms with E-state index in [1.54, 1.807) is 6.07 Å². The van der Waals surface area contributed by atoms with Crippen molar-refractivity contribution in [2.24, 2.45) is 0 Å². The molecule has 1 nitrogen and oxygen atoms in total. The molecule has 0 unspecified atom stereocenters. The molecule has 0 aliphatic heterocycles. The Balaban J connectivity index is 1.99. The molecule has 0 saturated heterocycles. The number of halogens is 2. The Hall–Kier alpha value is -1.02. The van der Waals surface area contributed by atoms with E-state index in [4.69, 9.17) is 23.2 Å². The second-order valence-corrected chi connectivity index (χ2v) is 5.09. The first-order chi connectivity index (χ1) is 8.66. The van der Waals surface area contributed by atoms with Gasteiger partial charge in [-0.1, -0.05) is 59.6 Å². The van der Waals surface area contributed by atoms with Crippen LogP contribution in [0.5, 0.6) is 0 Å². The Labute approximate surface area is 118 Å². The second kappa shape index (κ2) is 6.24. The van der Waals surface area contributed by atoms with E-state index in [1.165, 1.54) is 5.56 Å². The molecule has 1 atom stereocenters. The van der Waals surface area contributed by atoms with Gasteiger partial charge in [0.15, 0.2) is 0 Å². The highest BCUT2D eigenvalue weighted by molar-refractivity contribution is 6.35. The maximum Gasteiger partial charge on any atom is 0.0465 e. The van der Waals surface area contributed by atoms with Gasteiger partial charge in [-0.2, -0.15) is 0 Å². The lowest BCUT2D eigenvalue weighted by atomic mass is 10.1. The van der Waals surface area contributed by atoms with Gasteiger partial charge in [-0.3, -0.25) is 0 Å². The molecule has 1 N–H and O–H groups in total. The molecule has 2 aromatic carbocycles. The fourth-order valence-electron chi connectivity index (χ4n) is 1.79. The lowest BCUT2D eigenvalue weighted by Gasteiger charge is -2.15. The van der Waals surface area contributed by atoms with Crippen molar-refractivity contribution in [3.63, 3.8) is 0 Å². The van der Waals surface area contributed by atoms with Crippen molar-refractivity contribution >= 4 is 23.2 Å². The van der Waals surface area contributed by atoms with Gasteiger partial charge in [-0.15, -0.1) is 0 Å². The van der Waals surface area contributed by atoms with Crippen LogP contribution >= 0.6 is 23.2 Å². The molecule has 0 amide bonds. The standard InChI is InChI=1S/C15H15Cl2N/c1-11(12-5-3-2-4-6-12)18-10-13-7-8-14(16)9-15(13)17/h2-9,11,18H,10H2,1H3/t11-/m1/s1. The Morgan fingerprint density at radius 3 is 2.44 bits per heavy atom. The van der Waals surface area contributed by atoms with Crippen molar-refractivity contribution in [1.29, 1.82) is 0 Å². The minimum Gasteiger partial charge on any atom is -0.306 e. The maximum absolute atomic E-state index is 6.13.